The average molecular weight is 417 g/mol. The standard InChI is InChI=1S/C20H17ClN2O4S/c1-11-4-3-5-13(12-6-7-12)18(11)27-19-15(8-17(21)22-23-19)26-20(24)14-9-28-10-16(14)25-2/h3-5,8-10,12H,6-7H2,1-2H3. The summed E-state index contributed by atoms with van der Waals surface area (Å²) in [6, 6.07) is 7.43. The molecule has 1 fully saturated rings. The summed E-state index contributed by atoms with van der Waals surface area (Å²) < 4.78 is 16.8. The van der Waals surface area contributed by atoms with Crippen molar-refractivity contribution >= 4 is 28.9 Å². The molecular formula is C20H17ClN2O4S. The zero-order chi connectivity index (χ0) is 19.7. The molecule has 144 valence electrons. The summed E-state index contributed by atoms with van der Waals surface area (Å²) in [5.74, 6) is 1.24. The molecule has 0 amide bonds. The number of ether oxygens (including phenoxy) is 3. The summed E-state index contributed by atoms with van der Waals surface area (Å²) in [6.45, 7) is 1.96. The highest BCUT2D eigenvalue weighted by atomic mass is 35.5. The van der Waals surface area contributed by atoms with E-state index in [4.69, 9.17) is 25.8 Å². The number of rotatable bonds is 6. The normalized spacial score (nSPS) is 13.2. The molecule has 1 aliphatic rings. The Kier molecular flexibility index (Phi) is 5.19. The van der Waals surface area contributed by atoms with E-state index in [2.05, 4.69) is 10.2 Å². The van der Waals surface area contributed by atoms with E-state index in [-0.39, 0.29) is 16.8 Å². The second-order valence-electron chi connectivity index (χ2n) is 6.45. The van der Waals surface area contributed by atoms with Gasteiger partial charge in [0.25, 0.3) is 5.88 Å². The minimum absolute atomic E-state index is 0.0862. The Balaban J connectivity index is 1.66. The van der Waals surface area contributed by atoms with Gasteiger partial charge in [-0.05, 0) is 36.8 Å². The van der Waals surface area contributed by atoms with Gasteiger partial charge in [0.15, 0.2) is 10.9 Å². The van der Waals surface area contributed by atoms with Crippen LogP contribution in [0.5, 0.6) is 23.1 Å². The molecule has 0 N–H and O–H groups in total. The number of nitrogens with zero attached hydrogens (tertiary/aromatic N) is 2. The van der Waals surface area contributed by atoms with Crippen LogP contribution in [0.3, 0.4) is 0 Å². The van der Waals surface area contributed by atoms with E-state index in [1.54, 1.807) is 10.8 Å². The lowest BCUT2D eigenvalue weighted by atomic mass is 10.1. The summed E-state index contributed by atoms with van der Waals surface area (Å²) in [6.07, 6.45) is 2.26. The number of methoxy groups -OCH3 is 1. The molecule has 0 bridgehead atoms. The predicted octanol–water partition coefficient (Wildman–Crippen LogP) is 5.40. The van der Waals surface area contributed by atoms with E-state index >= 15 is 0 Å². The molecule has 1 saturated carbocycles. The van der Waals surface area contributed by atoms with E-state index in [9.17, 15) is 4.79 Å². The molecular weight excluding hydrogens is 400 g/mol. The van der Waals surface area contributed by atoms with Crippen LogP contribution in [0.2, 0.25) is 5.15 Å². The van der Waals surface area contributed by atoms with Gasteiger partial charge in [0, 0.05) is 16.8 Å². The highest BCUT2D eigenvalue weighted by molar-refractivity contribution is 7.08. The number of aromatic nitrogens is 2. The Hall–Kier alpha value is -2.64. The number of hydrogen-bond acceptors (Lipinski definition) is 7. The van der Waals surface area contributed by atoms with Gasteiger partial charge in [-0.2, -0.15) is 0 Å². The van der Waals surface area contributed by atoms with Crippen LogP contribution in [0.1, 0.15) is 40.2 Å². The van der Waals surface area contributed by atoms with E-state index in [1.807, 2.05) is 25.1 Å². The van der Waals surface area contributed by atoms with Crippen molar-refractivity contribution in [3.8, 4) is 23.1 Å². The molecule has 8 heteroatoms. The van der Waals surface area contributed by atoms with Crippen molar-refractivity contribution < 1.29 is 19.0 Å². The molecule has 4 rings (SSSR count). The van der Waals surface area contributed by atoms with Crippen molar-refractivity contribution in [1.29, 1.82) is 0 Å². The minimum Gasteiger partial charge on any atom is -0.495 e. The number of hydrogen-bond donors (Lipinski definition) is 0. The molecule has 1 aliphatic carbocycles. The third-order valence-electron chi connectivity index (χ3n) is 4.42. The molecule has 2 heterocycles. The fourth-order valence-corrected chi connectivity index (χ4v) is 3.76. The lowest BCUT2D eigenvalue weighted by molar-refractivity contribution is 0.0726. The molecule has 2 aromatic heterocycles. The summed E-state index contributed by atoms with van der Waals surface area (Å²) in [4.78, 5) is 12.6. The molecule has 3 aromatic rings. The van der Waals surface area contributed by atoms with Gasteiger partial charge in [-0.1, -0.05) is 29.8 Å². The number of esters is 1. The van der Waals surface area contributed by atoms with Crippen LogP contribution in [0.25, 0.3) is 0 Å². The lowest BCUT2D eigenvalue weighted by Crippen LogP contribution is -2.10. The third-order valence-corrected chi connectivity index (χ3v) is 5.33. The molecule has 0 spiro atoms. The second-order valence-corrected chi connectivity index (χ2v) is 7.58. The quantitative estimate of drug-likeness (QED) is 0.501. The Bertz CT molecular complexity index is 1030. The van der Waals surface area contributed by atoms with Crippen molar-refractivity contribution in [2.75, 3.05) is 7.11 Å². The van der Waals surface area contributed by atoms with E-state index in [0.717, 1.165) is 24.0 Å². The van der Waals surface area contributed by atoms with E-state index < -0.39 is 5.97 Å². The number of halogens is 1. The molecule has 1 aromatic carbocycles. The second kappa shape index (κ2) is 7.77. The smallest absolute Gasteiger partial charge is 0.348 e. The molecule has 0 atom stereocenters. The van der Waals surface area contributed by atoms with Crippen molar-refractivity contribution in [3.63, 3.8) is 0 Å². The van der Waals surface area contributed by atoms with Crippen LogP contribution in [0.15, 0.2) is 35.0 Å². The largest absolute Gasteiger partial charge is 0.495 e. The Morgan fingerprint density at radius 3 is 2.79 bits per heavy atom. The number of benzene rings is 1. The summed E-state index contributed by atoms with van der Waals surface area (Å²) >= 11 is 7.31. The number of aryl methyl sites for hydroxylation is 1. The summed E-state index contributed by atoms with van der Waals surface area (Å²) in [5, 5.41) is 11.3. The maximum Gasteiger partial charge on any atom is 0.348 e. The summed E-state index contributed by atoms with van der Waals surface area (Å²) in [5.41, 5.74) is 2.41. The van der Waals surface area contributed by atoms with Crippen molar-refractivity contribution in [1.82, 2.24) is 10.2 Å². The van der Waals surface area contributed by atoms with Crippen LogP contribution < -0.4 is 14.2 Å². The first-order valence-corrected chi connectivity index (χ1v) is 10.0. The number of carbonyl (C=O) groups excluding carboxylic acids is 1. The van der Waals surface area contributed by atoms with Gasteiger partial charge in [-0.15, -0.1) is 21.5 Å². The Labute approximate surface area is 171 Å². The highest BCUT2D eigenvalue weighted by Crippen LogP contribution is 2.47. The van der Waals surface area contributed by atoms with Gasteiger partial charge in [-0.3, -0.25) is 0 Å². The zero-order valence-corrected chi connectivity index (χ0v) is 16.8. The fraction of sp³-hybridized carbons (Fsp3) is 0.250. The van der Waals surface area contributed by atoms with Crippen molar-refractivity contribution in [2.24, 2.45) is 0 Å². The minimum atomic E-state index is -0.584. The number of carbonyl (C=O) groups is 1. The molecule has 6 nitrogen and oxygen atoms in total. The van der Waals surface area contributed by atoms with Gasteiger partial charge < -0.3 is 14.2 Å². The topological polar surface area (TPSA) is 70.5 Å². The van der Waals surface area contributed by atoms with Crippen LogP contribution in [-0.4, -0.2) is 23.3 Å². The predicted molar refractivity (Wildman–Crippen MR) is 106 cm³/mol. The first-order valence-electron chi connectivity index (χ1n) is 8.69. The maximum atomic E-state index is 12.6. The third kappa shape index (κ3) is 3.81. The molecule has 0 radical (unpaired) electrons. The zero-order valence-electron chi connectivity index (χ0n) is 15.3. The first kappa shape index (κ1) is 18.7. The van der Waals surface area contributed by atoms with Gasteiger partial charge in [0.2, 0.25) is 0 Å². The van der Waals surface area contributed by atoms with Gasteiger partial charge in [-0.25, -0.2) is 4.79 Å². The van der Waals surface area contributed by atoms with Crippen LogP contribution >= 0.6 is 22.9 Å². The molecule has 28 heavy (non-hydrogen) atoms. The lowest BCUT2D eigenvalue weighted by Gasteiger charge is -2.14. The molecule has 0 unspecified atom stereocenters. The monoisotopic (exact) mass is 416 g/mol. The van der Waals surface area contributed by atoms with Crippen molar-refractivity contribution in [3.05, 3.63) is 56.9 Å². The molecule has 0 saturated heterocycles. The van der Waals surface area contributed by atoms with Crippen LogP contribution in [-0.2, 0) is 0 Å². The van der Waals surface area contributed by atoms with E-state index in [0.29, 0.717) is 23.0 Å². The average Bonchev–Trinajstić information content (AvgIpc) is 3.41. The van der Waals surface area contributed by atoms with E-state index in [1.165, 1.54) is 24.5 Å². The fourth-order valence-electron chi connectivity index (χ4n) is 2.86. The van der Waals surface area contributed by atoms with Crippen LogP contribution in [0, 0.1) is 6.92 Å². The van der Waals surface area contributed by atoms with Crippen molar-refractivity contribution in [2.45, 2.75) is 25.7 Å². The number of para-hydroxylation sites is 1. The van der Waals surface area contributed by atoms with Crippen LogP contribution in [0.4, 0.5) is 0 Å². The first-order chi connectivity index (χ1) is 13.6. The molecule has 0 aliphatic heterocycles. The van der Waals surface area contributed by atoms with Gasteiger partial charge in [0.1, 0.15) is 17.1 Å². The van der Waals surface area contributed by atoms with Gasteiger partial charge >= 0.3 is 5.97 Å². The highest BCUT2D eigenvalue weighted by Gasteiger charge is 2.28. The maximum absolute atomic E-state index is 12.6. The number of thiophene rings is 1. The van der Waals surface area contributed by atoms with Gasteiger partial charge in [0.05, 0.1) is 7.11 Å². The summed E-state index contributed by atoms with van der Waals surface area (Å²) in [7, 11) is 1.50. The SMILES string of the molecule is COc1cscc1C(=O)Oc1cc(Cl)nnc1Oc1c(C)cccc1C1CC1. The Morgan fingerprint density at radius 1 is 1.21 bits per heavy atom. The Morgan fingerprint density at radius 2 is 2.04 bits per heavy atom.